The highest BCUT2D eigenvalue weighted by atomic mass is 35.5. The molecule has 1 unspecified atom stereocenters. The summed E-state index contributed by atoms with van der Waals surface area (Å²) in [6.45, 7) is 3.84. The van der Waals surface area contributed by atoms with Gasteiger partial charge in [-0.15, -0.1) is 11.6 Å². The van der Waals surface area contributed by atoms with Gasteiger partial charge in [0.1, 0.15) is 0 Å². The number of nitrogens with one attached hydrogen (secondary N) is 1. The fraction of sp³-hybridized carbons (Fsp3) is 0.615. The summed E-state index contributed by atoms with van der Waals surface area (Å²) in [5.41, 5.74) is 1.07. The first-order chi connectivity index (χ1) is 8.81. The van der Waals surface area contributed by atoms with Crippen LogP contribution >= 0.6 is 23.2 Å². The SMILES string of the molecule is [B]N(C)[C@H](CC1=CC=C(Cl)C(Cl)C1)C(=O)NC(C)C. The fourth-order valence-electron chi connectivity index (χ4n) is 1.90. The molecule has 19 heavy (non-hydrogen) atoms. The first-order valence-electron chi connectivity index (χ1n) is 6.28. The molecule has 1 rings (SSSR count). The Labute approximate surface area is 126 Å². The number of amides is 1. The molecule has 3 nitrogen and oxygen atoms in total. The minimum absolute atomic E-state index is 0.0762. The number of hydrogen-bond acceptors (Lipinski definition) is 2. The predicted molar refractivity (Wildman–Crippen MR) is 81.5 cm³/mol. The number of hydrogen-bond donors (Lipinski definition) is 1. The van der Waals surface area contributed by atoms with Crippen LogP contribution in [0.3, 0.4) is 0 Å². The smallest absolute Gasteiger partial charge is 0.236 e. The Bertz CT molecular complexity index is 394. The van der Waals surface area contributed by atoms with Crippen molar-refractivity contribution < 1.29 is 4.79 Å². The van der Waals surface area contributed by atoms with Crippen LogP contribution in [0.4, 0.5) is 0 Å². The van der Waals surface area contributed by atoms with E-state index in [1.54, 1.807) is 13.1 Å². The molecule has 0 fully saturated rings. The lowest BCUT2D eigenvalue weighted by Crippen LogP contribution is -2.46. The predicted octanol–water partition coefficient (Wildman–Crippen LogP) is 2.35. The van der Waals surface area contributed by atoms with E-state index in [2.05, 4.69) is 5.32 Å². The van der Waals surface area contributed by atoms with E-state index in [1.807, 2.05) is 19.9 Å². The number of carbonyl (C=O) groups is 1. The summed E-state index contributed by atoms with van der Waals surface area (Å²) < 4.78 is 0. The summed E-state index contributed by atoms with van der Waals surface area (Å²) in [7, 11) is 7.45. The molecule has 0 aromatic heterocycles. The van der Waals surface area contributed by atoms with Gasteiger partial charge in [-0.2, -0.15) is 0 Å². The maximum absolute atomic E-state index is 12.1. The maximum Gasteiger partial charge on any atom is 0.236 e. The third-order valence-electron chi connectivity index (χ3n) is 2.90. The van der Waals surface area contributed by atoms with Crippen molar-refractivity contribution in [3.05, 3.63) is 22.8 Å². The van der Waals surface area contributed by atoms with Crippen molar-refractivity contribution in [3.8, 4) is 0 Å². The lowest BCUT2D eigenvalue weighted by Gasteiger charge is -2.27. The van der Waals surface area contributed by atoms with Gasteiger partial charge in [0.2, 0.25) is 5.91 Å². The van der Waals surface area contributed by atoms with E-state index >= 15 is 0 Å². The lowest BCUT2D eigenvalue weighted by atomic mass is 9.95. The molecule has 0 aliphatic heterocycles. The average Bonchev–Trinajstić information content (AvgIpc) is 2.29. The molecule has 1 aliphatic carbocycles. The van der Waals surface area contributed by atoms with Gasteiger partial charge in [0.15, 0.2) is 7.98 Å². The summed E-state index contributed by atoms with van der Waals surface area (Å²) >= 11 is 12.0. The fourth-order valence-corrected chi connectivity index (χ4v) is 2.31. The van der Waals surface area contributed by atoms with Crippen molar-refractivity contribution in [2.24, 2.45) is 0 Å². The molecule has 0 saturated heterocycles. The molecule has 1 N–H and O–H groups in total. The van der Waals surface area contributed by atoms with Gasteiger partial charge in [-0.25, -0.2) is 0 Å². The number of likely N-dealkylation sites (N-methyl/N-ethyl adjacent to an activating group) is 1. The molecule has 0 aromatic carbocycles. The van der Waals surface area contributed by atoms with Crippen LogP contribution in [0.1, 0.15) is 26.7 Å². The zero-order chi connectivity index (χ0) is 14.6. The molecular formula is C13H19BCl2N2O. The Morgan fingerprint density at radius 1 is 1.58 bits per heavy atom. The molecule has 6 heteroatoms. The maximum atomic E-state index is 12.1. The number of allylic oxidation sites excluding steroid dienone is 3. The number of carbonyl (C=O) groups excluding carboxylic acids is 1. The van der Waals surface area contributed by atoms with Crippen LogP contribution in [0.25, 0.3) is 0 Å². The second kappa shape index (κ2) is 7.37. The molecule has 0 bridgehead atoms. The van der Waals surface area contributed by atoms with E-state index in [1.165, 1.54) is 4.81 Å². The van der Waals surface area contributed by atoms with E-state index in [-0.39, 0.29) is 17.3 Å². The molecule has 1 aliphatic rings. The zero-order valence-corrected chi connectivity index (χ0v) is 13.0. The Balaban J connectivity index is 2.72. The molecule has 0 saturated carbocycles. The van der Waals surface area contributed by atoms with Gasteiger partial charge in [-0.3, -0.25) is 4.79 Å². The number of halogens is 2. The Morgan fingerprint density at radius 2 is 2.21 bits per heavy atom. The van der Waals surface area contributed by atoms with Crippen molar-refractivity contribution in [3.63, 3.8) is 0 Å². The topological polar surface area (TPSA) is 32.3 Å². The number of nitrogens with zero attached hydrogens (tertiary/aromatic N) is 1. The third kappa shape index (κ3) is 5.21. The first kappa shape index (κ1) is 16.6. The third-order valence-corrected chi connectivity index (χ3v) is 3.79. The van der Waals surface area contributed by atoms with Gasteiger partial charge >= 0.3 is 0 Å². The molecule has 104 valence electrons. The van der Waals surface area contributed by atoms with E-state index in [0.29, 0.717) is 17.9 Å². The largest absolute Gasteiger partial charge is 0.353 e. The van der Waals surface area contributed by atoms with Crippen molar-refractivity contribution >= 4 is 37.1 Å². The minimum atomic E-state index is -0.400. The summed E-state index contributed by atoms with van der Waals surface area (Å²) in [4.78, 5) is 13.5. The monoisotopic (exact) mass is 300 g/mol. The van der Waals surface area contributed by atoms with E-state index < -0.39 is 6.04 Å². The van der Waals surface area contributed by atoms with Gasteiger partial charge in [-0.1, -0.05) is 23.3 Å². The zero-order valence-electron chi connectivity index (χ0n) is 11.5. The molecule has 0 spiro atoms. The van der Waals surface area contributed by atoms with Crippen LogP contribution in [-0.4, -0.2) is 43.2 Å². The molecule has 0 heterocycles. The second-order valence-electron chi connectivity index (χ2n) is 5.10. The molecule has 0 aromatic rings. The van der Waals surface area contributed by atoms with Crippen LogP contribution < -0.4 is 5.32 Å². The summed E-state index contributed by atoms with van der Waals surface area (Å²) in [5, 5.41) is 3.30. The summed E-state index contributed by atoms with van der Waals surface area (Å²) in [6, 6.07) is -0.312. The van der Waals surface area contributed by atoms with Crippen LogP contribution in [0.5, 0.6) is 0 Å². The van der Waals surface area contributed by atoms with E-state index in [4.69, 9.17) is 31.2 Å². The molecule has 2 radical (unpaired) electrons. The van der Waals surface area contributed by atoms with Crippen molar-refractivity contribution in [1.82, 2.24) is 10.1 Å². The van der Waals surface area contributed by atoms with Crippen LogP contribution in [0.15, 0.2) is 22.8 Å². The standard InChI is InChI=1S/C13H19BCl2N2O/c1-8(2)17-13(19)12(18(3)14)7-9-4-5-10(15)11(16)6-9/h4-5,8,11-12H,6-7H2,1-3H3,(H,17,19)/t11?,12-/m1/s1. The van der Waals surface area contributed by atoms with Crippen molar-refractivity contribution in [2.75, 3.05) is 7.05 Å². The summed E-state index contributed by atoms with van der Waals surface area (Å²) in [6.07, 6.45) is 4.90. The Morgan fingerprint density at radius 3 is 2.68 bits per heavy atom. The Hall–Kier alpha value is -0.445. The first-order valence-corrected chi connectivity index (χ1v) is 7.09. The van der Waals surface area contributed by atoms with Crippen molar-refractivity contribution in [1.29, 1.82) is 0 Å². The van der Waals surface area contributed by atoms with E-state index in [0.717, 1.165) is 5.57 Å². The molecular weight excluding hydrogens is 282 g/mol. The van der Waals surface area contributed by atoms with E-state index in [9.17, 15) is 4.79 Å². The van der Waals surface area contributed by atoms with Gasteiger partial charge in [0.25, 0.3) is 0 Å². The number of alkyl halides is 1. The Kier molecular flexibility index (Phi) is 6.44. The van der Waals surface area contributed by atoms with Gasteiger partial charge in [0, 0.05) is 11.1 Å². The van der Waals surface area contributed by atoms with Crippen molar-refractivity contribution in [2.45, 2.75) is 44.1 Å². The summed E-state index contributed by atoms with van der Waals surface area (Å²) in [5.74, 6) is -0.0762. The van der Waals surface area contributed by atoms with Crippen LogP contribution in [0, 0.1) is 0 Å². The lowest BCUT2D eigenvalue weighted by molar-refractivity contribution is -0.125. The average molecular weight is 301 g/mol. The second-order valence-corrected chi connectivity index (χ2v) is 6.06. The highest BCUT2D eigenvalue weighted by Crippen LogP contribution is 2.29. The minimum Gasteiger partial charge on any atom is -0.353 e. The normalized spacial score (nSPS) is 21.1. The highest BCUT2D eigenvalue weighted by molar-refractivity contribution is 6.37. The van der Waals surface area contributed by atoms with Gasteiger partial charge < -0.3 is 10.1 Å². The highest BCUT2D eigenvalue weighted by Gasteiger charge is 2.24. The number of rotatable bonds is 5. The van der Waals surface area contributed by atoms with Gasteiger partial charge in [-0.05, 0) is 39.8 Å². The van der Waals surface area contributed by atoms with Crippen LogP contribution in [-0.2, 0) is 4.79 Å². The molecule has 1 amide bonds. The molecule has 2 atom stereocenters. The van der Waals surface area contributed by atoms with Gasteiger partial charge in [0.05, 0.1) is 11.4 Å². The van der Waals surface area contributed by atoms with Crippen LogP contribution in [0.2, 0.25) is 0 Å². The quantitative estimate of drug-likeness (QED) is 0.624.